The third kappa shape index (κ3) is 2.74. The summed E-state index contributed by atoms with van der Waals surface area (Å²) in [7, 11) is -6.66. The van der Waals surface area contributed by atoms with Crippen molar-refractivity contribution in [2.24, 2.45) is 12.2 Å². The topological polar surface area (TPSA) is 153 Å². The van der Waals surface area contributed by atoms with Crippen molar-refractivity contribution in [1.29, 1.82) is 0 Å². The monoisotopic (exact) mass is 306 g/mol. The molecule has 0 unspecified atom stereocenters. The lowest BCUT2D eigenvalue weighted by molar-refractivity contribution is 0.597. The normalized spacial score (nSPS) is 12.5. The number of nitrogens with one attached hydrogen (secondary N) is 2. The largest absolute Gasteiger partial charge is 0.334 e. The average molecular weight is 306 g/mol. The lowest BCUT2D eigenvalue weighted by Gasteiger charge is -2.04. The number of aryl methyl sites for hydroxylation is 1. The number of H-pyrrole nitrogens is 1. The van der Waals surface area contributed by atoms with Gasteiger partial charge in [-0.15, -0.1) is 0 Å². The second-order valence-electron chi connectivity index (χ2n) is 3.58. The number of hydrogen-bond donors (Lipinski definition) is 3. The van der Waals surface area contributed by atoms with Gasteiger partial charge < -0.3 is 4.98 Å². The van der Waals surface area contributed by atoms with Crippen molar-refractivity contribution in [2.45, 2.75) is 9.92 Å². The summed E-state index contributed by atoms with van der Waals surface area (Å²) in [6, 6.07) is 0. The van der Waals surface area contributed by atoms with E-state index in [0.717, 1.165) is 17.1 Å². The van der Waals surface area contributed by atoms with Crippen LogP contribution in [-0.4, -0.2) is 36.6 Å². The number of primary sulfonamides is 1. The van der Waals surface area contributed by atoms with Gasteiger partial charge in [0.25, 0.3) is 10.0 Å². The van der Waals surface area contributed by atoms with Crippen molar-refractivity contribution >= 4 is 25.9 Å². The van der Waals surface area contributed by atoms with Crippen LogP contribution in [0.3, 0.4) is 0 Å². The van der Waals surface area contributed by atoms with Crippen LogP contribution in [0.15, 0.2) is 28.6 Å². The molecule has 12 heteroatoms. The molecule has 2 heterocycles. The Morgan fingerprint density at radius 2 is 2.05 bits per heavy atom. The summed E-state index contributed by atoms with van der Waals surface area (Å²) in [6.07, 6.45) is 3.34. The zero-order valence-corrected chi connectivity index (χ0v) is 11.2. The van der Waals surface area contributed by atoms with E-state index in [2.05, 4.69) is 15.1 Å². The van der Waals surface area contributed by atoms with Crippen LogP contribution in [0, 0.1) is 0 Å². The number of anilines is 1. The first kappa shape index (κ1) is 13.5. The minimum Gasteiger partial charge on any atom is -0.334 e. The Balaban J connectivity index is 2.46. The van der Waals surface area contributed by atoms with Gasteiger partial charge in [-0.2, -0.15) is 13.5 Å². The van der Waals surface area contributed by atoms with Crippen LogP contribution in [0.25, 0.3) is 0 Å². The van der Waals surface area contributed by atoms with Gasteiger partial charge in [0.2, 0.25) is 10.0 Å². The van der Waals surface area contributed by atoms with Gasteiger partial charge in [0, 0.05) is 13.2 Å². The van der Waals surface area contributed by atoms with Crippen LogP contribution < -0.4 is 9.86 Å². The Morgan fingerprint density at radius 3 is 2.58 bits per heavy atom. The molecule has 0 radical (unpaired) electrons. The highest BCUT2D eigenvalue weighted by Crippen LogP contribution is 2.20. The molecule has 0 aromatic carbocycles. The van der Waals surface area contributed by atoms with Gasteiger partial charge in [-0.05, 0) is 0 Å². The van der Waals surface area contributed by atoms with E-state index in [1.165, 1.54) is 13.4 Å². The molecule has 0 saturated heterocycles. The number of hydrogen-bond acceptors (Lipinski definition) is 6. The van der Waals surface area contributed by atoms with Gasteiger partial charge in [-0.1, -0.05) is 0 Å². The molecule has 2 aromatic heterocycles. The molecule has 0 amide bonds. The minimum absolute atomic E-state index is 0.224. The quantitative estimate of drug-likeness (QED) is 0.631. The molecular weight excluding hydrogens is 296 g/mol. The van der Waals surface area contributed by atoms with E-state index in [0.29, 0.717) is 0 Å². The van der Waals surface area contributed by atoms with Crippen LogP contribution in [0.4, 0.5) is 5.82 Å². The van der Waals surface area contributed by atoms with Gasteiger partial charge in [-0.3, -0.25) is 9.40 Å². The van der Waals surface area contributed by atoms with Crippen molar-refractivity contribution in [3.63, 3.8) is 0 Å². The predicted molar refractivity (Wildman–Crippen MR) is 64.0 cm³/mol. The fourth-order valence-corrected chi connectivity index (χ4v) is 2.97. The Bertz CT molecular complexity index is 789. The SMILES string of the molecule is Cn1cc(S(N)(=O)=O)c(NS(=O)(=O)c2cnc[nH]2)n1. The summed E-state index contributed by atoms with van der Waals surface area (Å²) >= 11 is 0. The molecule has 0 saturated carbocycles. The standard InChI is InChI=1S/C7H10N6O4S2/c1-13-3-5(18(8,14)15)7(11-13)12-19(16,17)6-2-9-4-10-6/h2-4H,1H3,(H,9,10)(H,11,12)(H2,8,14,15). The van der Waals surface area contributed by atoms with Crippen molar-refractivity contribution in [3.8, 4) is 0 Å². The first-order chi connectivity index (χ1) is 8.70. The van der Waals surface area contributed by atoms with Crippen LogP contribution in [0.1, 0.15) is 0 Å². The molecule has 0 aliphatic heterocycles. The zero-order valence-electron chi connectivity index (χ0n) is 9.60. The molecule has 0 bridgehead atoms. The van der Waals surface area contributed by atoms with Gasteiger partial charge >= 0.3 is 0 Å². The van der Waals surface area contributed by atoms with Crippen LogP contribution >= 0.6 is 0 Å². The molecule has 104 valence electrons. The fourth-order valence-electron chi connectivity index (χ4n) is 1.32. The maximum atomic E-state index is 11.9. The minimum atomic E-state index is -4.09. The third-order valence-electron chi connectivity index (χ3n) is 2.10. The van der Waals surface area contributed by atoms with Crippen molar-refractivity contribution in [2.75, 3.05) is 4.72 Å². The van der Waals surface area contributed by atoms with Gasteiger partial charge in [0.05, 0.1) is 12.5 Å². The molecule has 0 aliphatic carbocycles. The molecule has 2 rings (SSSR count). The molecule has 0 atom stereocenters. The van der Waals surface area contributed by atoms with Gasteiger partial charge in [0.15, 0.2) is 10.8 Å². The van der Waals surface area contributed by atoms with Gasteiger partial charge in [0.1, 0.15) is 4.90 Å². The zero-order chi connectivity index (χ0) is 14.3. The fraction of sp³-hybridized carbons (Fsp3) is 0.143. The predicted octanol–water partition coefficient (Wildman–Crippen LogP) is -1.41. The van der Waals surface area contributed by atoms with Crippen LogP contribution in [-0.2, 0) is 27.1 Å². The second-order valence-corrected chi connectivity index (χ2v) is 6.76. The number of aromatic nitrogens is 4. The number of rotatable bonds is 4. The van der Waals surface area contributed by atoms with E-state index in [-0.39, 0.29) is 10.8 Å². The van der Waals surface area contributed by atoms with Gasteiger partial charge in [-0.25, -0.2) is 18.5 Å². The highest BCUT2D eigenvalue weighted by atomic mass is 32.2. The van der Waals surface area contributed by atoms with Crippen LogP contribution in [0.2, 0.25) is 0 Å². The molecule has 10 nitrogen and oxygen atoms in total. The smallest absolute Gasteiger partial charge is 0.280 e. The third-order valence-corrected chi connectivity index (χ3v) is 4.27. The summed E-state index contributed by atoms with van der Waals surface area (Å²) < 4.78 is 49.5. The Labute approximate surface area is 108 Å². The lowest BCUT2D eigenvalue weighted by atomic mass is 10.7. The van der Waals surface area contributed by atoms with E-state index < -0.39 is 24.9 Å². The summed E-state index contributed by atoms with van der Waals surface area (Å²) in [5.74, 6) is -0.375. The number of nitrogens with two attached hydrogens (primary N) is 1. The van der Waals surface area contributed by atoms with E-state index in [1.807, 2.05) is 4.72 Å². The molecule has 0 aliphatic rings. The summed E-state index contributed by atoms with van der Waals surface area (Å²) in [5.41, 5.74) is 0. The summed E-state index contributed by atoms with van der Waals surface area (Å²) in [4.78, 5) is 5.53. The highest BCUT2D eigenvalue weighted by molar-refractivity contribution is 7.93. The van der Waals surface area contributed by atoms with E-state index >= 15 is 0 Å². The summed E-state index contributed by atoms with van der Waals surface area (Å²) in [6.45, 7) is 0. The average Bonchev–Trinajstić information content (AvgIpc) is 2.85. The second kappa shape index (κ2) is 4.32. The van der Waals surface area contributed by atoms with Crippen LogP contribution in [0.5, 0.6) is 0 Å². The van der Waals surface area contributed by atoms with E-state index in [4.69, 9.17) is 5.14 Å². The first-order valence-corrected chi connectivity index (χ1v) is 7.81. The first-order valence-electron chi connectivity index (χ1n) is 4.78. The van der Waals surface area contributed by atoms with E-state index in [1.54, 1.807) is 0 Å². The Kier molecular flexibility index (Phi) is 3.07. The molecule has 0 fully saturated rings. The number of aromatic amines is 1. The Hall–Kier alpha value is -1.92. The maximum absolute atomic E-state index is 11.9. The molecule has 2 aromatic rings. The highest BCUT2D eigenvalue weighted by Gasteiger charge is 2.24. The Morgan fingerprint density at radius 1 is 1.37 bits per heavy atom. The molecule has 4 N–H and O–H groups in total. The maximum Gasteiger partial charge on any atom is 0.280 e. The number of sulfonamides is 2. The van der Waals surface area contributed by atoms with Crippen molar-refractivity contribution in [1.82, 2.24) is 19.7 Å². The summed E-state index contributed by atoms with van der Waals surface area (Å²) in [5, 5.41) is 8.45. The van der Waals surface area contributed by atoms with Crippen molar-refractivity contribution in [3.05, 3.63) is 18.7 Å². The lowest BCUT2D eigenvalue weighted by Crippen LogP contribution is -2.18. The number of imidazole rings is 1. The van der Waals surface area contributed by atoms with E-state index in [9.17, 15) is 16.8 Å². The van der Waals surface area contributed by atoms with Crippen molar-refractivity contribution < 1.29 is 16.8 Å². The molecular formula is C7H10N6O4S2. The molecule has 0 spiro atoms. The molecule has 19 heavy (non-hydrogen) atoms. The number of nitrogens with zero attached hydrogens (tertiary/aromatic N) is 3.